The molecule has 1 N–H and O–H groups in total. The Morgan fingerprint density at radius 3 is 2.73 bits per heavy atom. The molecule has 0 bridgehead atoms. The van der Waals surface area contributed by atoms with E-state index in [9.17, 15) is 4.79 Å². The summed E-state index contributed by atoms with van der Waals surface area (Å²) in [6.07, 6.45) is 9.07. The van der Waals surface area contributed by atoms with Crippen molar-refractivity contribution in [2.75, 3.05) is 11.5 Å². The van der Waals surface area contributed by atoms with Crippen molar-refractivity contribution in [2.45, 2.75) is 19.4 Å². The van der Waals surface area contributed by atoms with E-state index in [1.165, 1.54) is 0 Å². The predicted octanol–water partition coefficient (Wildman–Crippen LogP) is 2.39. The van der Waals surface area contributed by atoms with Crippen molar-refractivity contribution in [3.63, 3.8) is 0 Å². The summed E-state index contributed by atoms with van der Waals surface area (Å²) >= 11 is 0. The average Bonchev–Trinajstić information content (AvgIpc) is 2.68. The van der Waals surface area contributed by atoms with Gasteiger partial charge < -0.3 is 5.32 Å². The van der Waals surface area contributed by atoms with Gasteiger partial charge >= 0.3 is 0 Å². The second kappa shape index (κ2) is 4.66. The van der Waals surface area contributed by atoms with Gasteiger partial charge in [0.2, 0.25) is 5.91 Å². The second-order valence-electron chi connectivity index (χ2n) is 4.21. The van der Waals surface area contributed by atoms with E-state index in [1.54, 1.807) is 21.6 Å². The van der Waals surface area contributed by atoms with Crippen LogP contribution in [-0.4, -0.2) is 23.5 Å². The van der Waals surface area contributed by atoms with Crippen molar-refractivity contribution in [2.24, 2.45) is 5.41 Å². The maximum atomic E-state index is 12.0. The van der Waals surface area contributed by atoms with Crippen molar-refractivity contribution in [1.29, 1.82) is 0 Å². The fraction of sp³-hybridized carbons (Fsp3) is 0.545. The minimum atomic E-state index is -0.176. The maximum Gasteiger partial charge on any atom is 0.228 e. The summed E-state index contributed by atoms with van der Waals surface area (Å²) in [4.78, 5) is 12.0. The van der Waals surface area contributed by atoms with Crippen LogP contribution in [0.1, 0.15) is 13.3 Å². The number of hydrogen-bond donors (Lipinski definition) is 1. The Labute approximate surface area is 98.4 Å². The summed E-state index contributed by atoms with van der Waals surface area (Å²) in [6, 6.07) is 0.190. The number of amides is 1. The first kappa shape index (κ1) is 11.1. The van der Waals surface area contributed by atoms with Gasteiger partial charge in [0.15, 0.2) is 0 Å². The first-order valence-electron chi connectivity index (χ1n) is 5.09. The average molecular weight is 241 g/mol. The summed E-state index contributed by atoms with van der Waals surface area (Å²) < 4.78 is 0. The fourth-order valence-corrected chi connectivity index (χ4v) is 4.89. The van der Waals surface area contributed by atoms with E-state index in [1.807, 2.05) is 12.2 Å². The lowest BCUT2D eigenvalue weighted by atomic mass is 9.94. The van der Waals surface area contributed by atoms with Gasteiger partial charge in [-0.05, 0) is 13.3 Å². The van der Waals surface area contributed by atoms with E-state index in [4.69, 9.17) is 0 Å². The lowest BCUT2D eigenvalue weighted by Gasteiger charge is -2.24. The largest absolute Gasteiger partial charge is 0.349 e. The van der Waals surface area contributed by atoms with Crippen LogP contribution >= 0.6 is 21.6 Å². The Balaban J connectivity index is 1.91. The van der Waals surface area contributed by atoms with Crippen LogP contribution in [0.4, 0.5) is 0 Å². The second-order valence-corrected chi connectivity index (χ2v) is 6.68. The SMILES string of the molecule is CC1(C(=O)NC2C=CC=CC2)CSSC1. The third kappa shape index (κ3) is 2.61. The highest BCUT2D eigenvalue weighted by Crippen LogP contribution is 2.43. The van der Waals surface area contributed by atoms with Crippen molar-refractivity contribution in [3.05, 3.63) is 24.3 Å². The smallest absolute Gasteiger partial charge is 0.228 e. The molecule has 1 saturated heterocycles. The monoisotopic (exact) mass is 241 g/mol. The summed E-state index contributed by atoms with van der Waals surface area (Å²) in [7, 11) is 3.59. The zero-order valence-electron chi connectivity index (χ0n) is 8.73. The van der Waals surface area contributed by atoms with Crippen LogP contribution < -0.4 is 5.32 Å². The highest BCUT2D eigenvalue weighted by Gasteiger charge is 2.38. The molecule has 1 amide bonds. The quantitative estimate of drug-likeness (QED) is 0.753. The summed E-state index contributed by atoms with van der Waals surface area (Å²) in [6.45, 7) is 2.05. The van der Waals surface area contributed by atoms with Crippen molar-refractivity contribution < 1.29 is 4.79 Å². The summed E-state index contributed by atoms with van der Waals surface area (Å²) in [5.41, 5.74) is -0.176. The van der Waals surface area contributed by atoms with Crippen LogP contribution in [0.2, 0.25) is 0 Å². The van der Waals surface area contributed by atoms with Crippen LogP contribution in [0, 0.1) is 5.41 Å². The molecular formula is C11H15NOS2. The van der Waals surface area contributed by atoms with Gasteiger partial charge in [-0.15, -0.1) is 0 Å². The van der Waals surface area contributed by atoms with Crippen LogP contribution in [0.25, 0.3) is 0 Å². The zero-order chi connectivity index (χ0) is 10.7. The molecular weight excluding hydrogens is 226 g/mol. The highest BCUT2D eigenvalue weighted by molar-refractivity contribution is 8.77. The zero-order valence-corrected chi connectivity index (χ0v) is 10.4. The topological polar surface area (TPSA) is 29.1 Å². The molecule has 0 spiro atoms. The molecule has 1 aliphatic carbocycles. The van der Waals surface area contributed by atoms with Gasteiger partial charge in [0.25, 0.3) is 0 Å². The Kier molecular flexibility index (Phi) is 3.46. The highest BCUT2D eigenvalue weighted by atomic mass is 33.1. The normalized spacial score (nSPS) is 27.9. The summed E-state index contributed by atoms with van der Waals surface area (Å²) in [5.74, 6) is 2.05. The van der Waals surface area contributed by atoms with E-state index in [-0.39, 0.29) is 17.4 Å². The fourth-order valence-electron chi connectivity index (χ4n) is 1.55. The maximum absolute atomic E-state index is 12.0. The number of carbonyl (C=O) groups is 1. The lowest BCUT2D eigenvalue weighted by Crippen LogP contribution is -2.45. The van der Waals surface area contributed by atoms with E-state index in [0.717, 1.165) is 17.9 Å². The number of allylic oxidation sites excluding steroid dienone is 2. The van der Waals surface area contributed by atoms with Gasteiger partial charge in [0.1, 0.15) is 0 Å². The van der Waals surface area contributed by atoms with E-state index in [2.05, 4.69) is 24.4 Å². The predicted molar refractivity (Wildman–Crippen MR) is 67.9 cm³/mol. The molecule has 1 heterocycles. The first-order chi connectivity index (χ1) is 7.21. The molecule has 2 rings (SSSR count). The van der Waals surface area contributed by atoms with E-state index < -0.39 is 0 Å². The molecule has 1 fully saturated rings. The molecule has 0 aromatic carbocycles. The molecule has 1 atom stereocenters. The van der Waals surface area contributed by atoms with Crippen LogP contribution in [-0.2, 0) is 4.79 Å². The minimum Gasteiger partial charge on any atom is -0.349 e. The molecule has 1 unspecified atom stereocenters. The molecule has 0 radical (unpaired) electrons. The molecule has 2 nitrogen and oxygen atoms in total. The minimum absolute atomic E-state index is 0.176. The Morgan fingerprint density at radius 1 is 1.40 bits per heavy atom. The van der Waals surface area contributed by atoms with E-state index >= 15 is 0 Å². The Hall–Kier alpha value is -0.350. The molecule has 0 aromatic rings. The van der Waals surface area contributed by atoms with Gasteiger partial charge in [-0.25, -0.2) is 0 Å². The molecule has 2 aliphatic rings. The van der Waals surface area contributed by atoms with Gasteiger partial charge in [-0.3, -0.25) is 4.79 Å². The summed E-state index contributed by atoms with van der Waals surface area (Å²) in [5, 5.41) is 3.10. The number of hydrogen-bond acceptors (Lipinski definition) is 3. The number of nitrogens with one attached hydrogen (secondary N) is 1. The van der Waals surface area contributed by atoms with Gasteiger partial charge in [-0.2, -0.15) is 0 Å². The number of rotatable bonds is 2. The van der Waals surface area contributed by atoms with Crippen molar-refractivity contribution >= 4 is 27.5 Å². The standard InChI is InChI=1S/C11H15NOS2/c1-11(7-14-15-8-11)10(13)12-9-5-3-2-4-6-9/h2-5,9H,6-8H2,1H3,(H,12,13). The van der Waals surface area contributed by atoms with Gasteiger partial charge in [-0.1, -0.05) is 45.9 Å². The van der Waals surface area contributed by atoms with Crippen LogP contribution in [0.15, 0.2) is 24.3 Å². The van der Waals surface area contributed by atoms with E-state index in [0.29, 0.717) is 0 Å². The molecule has 1 aliphatic heterocycles. The molecule has 4 heteroatoms. The third-order valence-corrected chi connectivity index (χ3v) is 5.57. The first-order valence-corrected chi connectivity index (χ1v) is 7.58. The van der Waals surface area contributed by atoms with Crippen molar-refractivity contribution in [1.82, 2.24) is 5.32 Å². The Morgan fingerprint density at radius 2 is 2.13 bits per heavy atom. The Bertz CT molecular complexity index is 306. The molecule has 82 valence electrons. The lowest BCUT2D eigenvalue weighted by molar-refractivity contribution is -0.128. The van der Waals surface area contributed by atoms with Crippen LogP contribution in [0.5, 0.6) is 0 Å². The van der Waals surface area contributed by atoms with Crippen molar-refractivity contribution in [3.8, 4) is 0 Å². The van der Waals surface area contributed by atoms with Gasteiger partial charge in [0.05, 0.1) is 11.5 Å². The number of carbonyl (C=O) groups excluding carboxylic acids is 1. The third-order valence-electron chi connectivity index (χ3n) is 2.68. The molecule has 15 heavy (non-hydrogen) atoms. The molecule has 0 saturated carbocycles. The van der Waals surface area contributed by atoms with Gasteiger partial charge in [0, 0.05) is 11.5 Å². The van der Waals surface area contributed by atoms with Crippen LogP contribution in [0.3, 0.4) is 0 Å². The molecule has 0 aromatic heterocycles.